The predicted molar refractivity (Wildman–Crippen MR) is 76.9 cm³/mol. The number of hydrogen-bond acceptors (Lipinski definition) is 1. The summed E-state index contributed by atoms with van der Waals surface area (Å²) in [4.78, 5) is 0. The highest BCUT2D eigenvalue weighted by molar-refractivity contribution is 6.18. The van der Waals surface area contributed by atoms with E-state index in [2.05, 4.69) is 24.3 Å². The maximum Gasteiger partial charge on any atom is 0.0717 e. The standard InChI is InChI=1S/C16H23ClO/c17-11-16(15-9-5-2-6-10-15)13-18-12-14-7-3-1-4-8-14/h1,3-4,7-8,15-16H,2,5-6,9-13H2. The van der Waals surface area contributed by atoms with Crippen molar-refractivity contribution < 1.29 is 4.74 Å². The van der Waals surface area contributed by atoms with E-state index in [0.717, 1.165) is 18.4 Å². The highest BCUT2D eigenvalue weighted by atomic mass is 35.5. The van der Waals surface area contributed by atoms with Gasteiger partial charge in [0.2, 0.25) is 0 Å². The first-order valence-electron chi connectivity index (χ1n) is 7.08. The van der Waals surface area contributed by atoms with Gasteiger partial charge in [-0.05, 0) is 17.4 Å². The third kappa shape index (κ3) is 4.29. The average molecular weight is 267 g/mol. The molecule has 0 spiro atoms. The van der Waals surface area contributed by atoms with E-state index in [1.165, 1.54) is 37.7 Å². The van der Waals surface area contributed by atoms with Gasteiger partial charge in [0.25, 0.3) is 0 Å². The van der Waals surface area contributed by atoms with E-state index < -0.39 is 0 Å². The van der Waals surface area contributed by atoms with E-state index in [4.69, 9.17) is 16.3 Å². The van der Waals surface area contributed by atoms with Crippen LogP contribution in [-0.4, -0.2) is 12.5 Å². The molecule has 0 amide bonds. The minimum Gasteiger partial charge on any atom is -0.376 e. The second-order valence-electron chi connectivity index (χ2n) is 5.31. The Morgan fingerprint density at radius 2 is 1.83 bits per heavy atom. The van der Waals surface area contributed by atoms with Crippen molar-refractivity contribution in [2.75, 3.05) is 12.5 Å². The van der Waals surface area contributed by atoms with E-state index >= 15 is 0 Å². The molecule has 0 N–H and O–H groups in total. The minimum atomic E-state index is 0.538. The number of benzene rings is 1. The summed E-state index contributed by atoms with van der Waals surface area (Å²) >= 11 is 6.10. The molecular formula is C16H23ClO. The predicted octanol–water partition coefficient (Wildman–Crippen LogP) is 4.64. The monoisotopic (exact) mass is 266 g/mol. The fraction of sp³-hybridized carbons (Fsp3) is 0.625. The van der Waals surface area contributed by atoms with E-state index in [-0.39, 0.29) is 0 Å². The molecule has 1 saturated carbocycles. The Morgan fingerprint density at radius 3 is 2.50 bits per heavy atom. The Hall–Kier alpha value is -0.530. The van der Waals surface area contributed by atoms with Crippen molar-refractivity contribution in [3.63, 3.8) is 0 Å². The molecule has 1 aliphatic carbocycles. The number of ether oxygens (including phenoxy) is 1. The van der Waals surface area contributed by atoms with Crippen molar-refractivity contribution in [2.24, 2.45) is 11.8 Å². The van der Waals surface area contributed by atoms with Gasteiger partial charge in [-0.3, -0.25) is 0 Å². The molecule has 2 heteroatoms. The summed E-state index contributed by atoms with van der Waals surface area (Å²) in [5.41, 5.74) is 1.24. The molecule has 100 valence electrons. The Kier molecular flexibility index (Phi) is 6.02. The van der Waals surface area contributed by atoms with Gasteiger partial charge in [-0.25, -0.2) is 0 Å². The smallest absolute Gasteiger partial charge is 0.0717 e. The zero-order chi connectivity index (χ0) is 12.6. The van der Waals surface area contributed by atoms with Crippen molar-refractivity contribution in [2.45, 2.75) is 38.7 Å². The van der Waals surface area contributed by atoms with Gasteiger partial charge in [0.1, 0.15) is 0 Å². The van der Waals surface area contributed by atoms with Crippen LogP contribution in [0.4, 0.5) is 0 Å². The lowest BCUT2D eigenvalue weighted by Crippen LogP contribution is -2.24. The molecule has 1 aromatic carbocycles. The molecular weight excluding hydrogens is 244 g/mol. The summed E-state index contributed by atoms with van der Waals surface area (Å²) in [6.07, 6.45) is 6.82. The molecule has 0 aromatic heterocycles. The summed E-state index contributed by atoms with van der Waals surface area (Å²) in [6.45, 7) is 1.52. The first-order valence-corrected chi connectivity index (χ1v) is 7.61. The van der Waals surface area contributed by atoms with Gasteiger partial charge in [0.05, 0.1) is 13.2 Å². The van der Waals surface area contributed by atoms with E-state index in [0.29, 0.717) is 12.5 Å². The van der Waals surface area contributed by atoms with Crippen LogP contribution in [0, 0.1) is 11.8 Å². The Labute approximate surface area is 115 Å². The SMILES string of the molecule is ClCC(COCc1ccccc1)C1CCCCC1. The van der Waals surface area contributed by atoms with Crippen molar-refractivity contribution in [1.29, 1.82) is 0 Å². The van der Waals surface area contributed by atoms with Gasteiger partial charge in [-0.15, -0.1) is 11.6 Å². The molecule has 1 fully saturated rings. The normalized spacial score (nSPS) is 18.7. The number of halogens is 1. The fourth-order valence-corrected chi connectivity index (χ4v) is 3.16. The third-order valence-corrected chi connectivity index (χ3v) is 4.35. The highest BCUT2D eigenvalue weighted by Crippen LogP contribution is 2.31. The molecule has 1 unspecified atom stereocenters. The molecule has 1 nitrogen and oxygen atoms in total. The van der Waals surface area contributed by atoms with Crippen molar-refractivity contribution in [3.05, 3.63) is 35.9 Å². The van der Waals surface area contributed by atoms with Crippen LogP contribution in [0.1, 0.15) is 37.7 Å². The van der Waals surface area contributed by atoms with Gasteiger partial charge >= 0.3 is 0 Å². The lowest BCUT2D eigenvalue weighted by molar-refractivity contribution is 0.0653. The van der Waals surface area contributed by atoms with Crippen LogP contribution < -0.4 is 0 Å². The van der Waals surface area contributed by atoms with Gasteiger partial charge in [0.15, 0.2) is 0 Å². The van der Waals surface area contributed by atoms with Crippen LogP contribution in [0.15, 0.2) is 30.3 Å². The van der Waals surface area contributed by atoms with Crippen molar-refractivity contribution in [3.8, 4) is 0 Å². The van der Waals surface area contributed by atoms with Crippen LogP contribution in [0.25, 0.3) is 0 Å². The summed E-state index contributed by atoms with van der Waals surface area (Å²) in [7, 11) is 0. The highest BCUT2D eigenvalue weighted by Gasteiger charge is 2.22. The molecule has 0 bridgehead atoms. The zero-order valence-corrected chi connectivity index (χ0v) is 11.7. The van der Waals surface area contributed by atoms with Crippen molar-refractivity contribution in [1.82, 2.24) is 0 Å². The maximum atomic E-state index is 6.10. The van der Waals surface area contributed by atoms with Crippen LogP contribution in [0.2, 0.25) is 0 Å². The van der Waals surface area contributed by atoms with Gasteiger partial charge in [0, 0.05) is 5.88 Å². The summed E-state index contributed by atoms with van der Waals surface area (Å²) in [5.74, 6) is 2.06. The number of hydrogen-bond donors (Lipinski definition) is 0. The molecule has 1 atom stereocenters. The average Bonchev–Trinajstić information content (AvgIpc) is 2.46. The largest absolute Gasteiger partial charge is 0.376 e. The first kappa shape index (κ1) is 13.9. The number of alkyl halides is 1. The topological polar surface area (TPSA) is 9.23 Å². The van der Waals surface area contributed by atoms with Crippen LogP contribution in [-0.2, 0) is 11.3 Å². The van der Waals surface area contributed by atoms with Crippen LogP contribution in [0.5, 0.6) is 0 Å². The lowest BCUT2D eigenvalue weighted by atomic mass is 9.81. The minimum absolute atomic E-state index is 0.538. The summed E-state index contributed by atoms with van der Waals surface area (Å²) in [5, 5.41) is 0. The summed E-state index contributed by atoms with van der Waals surface area (Å²) in [6, 6.07) is 10.4. The quantitative estimate of drug-likeness (QED) is 0.682. The van der Waals surface area contributed by atoms with E-state index in [1.54, 1.807) is 0 Å². The third-order valence-electron chi connectivity index (χ3n) is 3.96. The molecule has 1 aromatic rings. The molecule has 0 radical (unpaired) electrons. The van der Waals surface area contributed by atoms with E-state index in [1.807, 2.05) is 6.07 Å². The Balaban J connectivity index is 1.73. The lowest BCUT2D eigenvalue weighted by Gasteiger charge is -2.28. The summed E-state index contributed by atoms with van der Waals surface area (Å²) < 4.78 is 5.84. The molecule has 2 rings (SSSR count). The zero-order valence-electron chi connectivity index (χ0n) is 11.0. The Bertz CT molecular complexity index is 319. The van der Waals surface area contributed by atoms with Crippen LogP contribution >= 0.6 is 11.6 Å². The second-order valence-corrected chi connectivity index (χ2v) is 5.62. The first-order chi connectivity index (χ1) is 8.90. The molecule has 0 aliphatic heterocycles. The molecule has 0 saturated heterocycles. The van der Waals surface area contributed by atoms with Crippen LogP contribution in [0.3, 0.4) is 0 Å². The van der Waals surface area contributed by atoms with Gasteiger partial charge in [-0.2, -0.15) is 0 Å². The molecule has 0 heterocycles. The van der Waals surface area contributed by atoms with Crippen molar-refractivity contribution >= 4 is 11.6 Å². The maximum absolute atomic E-state index is 6.10. The second kappa shape index (κ2) is 7.81. The van der Waals surface area contributed by atoms with Gasteiger partial charge in [-0.1, -0.05) is 62.4 Å². The molecule has 1 aliphatic rings. The number of rotatable bonds is 6. The van der Waals surface area contributed by atoms with Gasteiger partial charge < -0.3 is 4.74 Å². The fourth-order valence-electron chi connectivity index (χ4n) is 2.81. The molecule has 18 heavy (non-hydrogen) atoms. The van der Waals surface area contributed by atoms with E-state index in [9.17, 15) is 0 Å². The Morgan fingerprint density at radius 1 is 1.11 bits per heavy atom.